The number of halogens is 1. The van der Waals surface area contributed by atoms with Crippen LogP contribution in [0.5, 0.6) is 5.75 Å². The van der Waals surface area contributed by atoms with E-state index in [2.05, 4.69) is 20.9 Å². The Kier molecular flexibility index (Phi) is 3.69. The molecular weight excluding hydrogens is 232 g/mol. The zero-order valence-corrected chi connectivity index (χ0v) is 9.34. The van der Waals surface area contributed by atoms with Gasteiger partial charge in [0.25, 0.3) is 0 Å². The Morgan fingerprint density at radius 1 is 1.69 bits per heavy atom. The number of pyridine rings is 1. The van der Waals surface area contributed by atoms with E-state index in [1.807, 2.05) is 13.0 Å². The summed E-state index contributed by atoms with van der Waals surface area (Å²) in [5.74, 6) is 0.784. The van der Waals surface area contributed by atoms with Gasteiger partial charge in [-0.25, -0.2) is 0 Å². The van der Waals surface area contributed by atoms with Gasteiger partial charge in [0, 0.05) is 23.1 Å². The van der Waals surface area contributed by atoms with Gasteiger partial charge in [-0.1, -0.05) is 0 Å². The molecule has 1 aromatic rings. The van der Waals surface area contributed by atoms with Gasteiger partial charge in [0.15, 0.2) is 0 Å². The average Bonchev–Trinajstić information content (AvgIpc) is 2.07. The number of ether oxygens (including phenoxy) is 1. The lowest BCUT2D eigenvalue weighted by Crippen LogP contribution is -2.19. The molecule has 0 bridgehead atoms. The van der Waals surface area contributed by atoms with E-state index in [9.17, 15) is 0 Å². The largest absolute Gasteiger partial charge is 0.495 e. The van der Waals surface area contributed by atoms with Crippen LogP contribution in [0.2, 0.25) is 0 Å². The first kappa shape index (κ1) is 10.5. The van der Waals surface area contributed by atoms with Gasteiger partial charge in [-0.2, -0.15) is 0 Å². The van der Waals surface area contributed by atoms with Gasteiger partial charge in [0.1, 0.15) is 5.75 Å². The SMILES string of the molecule is COc1cc(Br)cnc1CC(C)N. The molecular formula is C9H13BrN2O. The normalized spacial score (nSPS) is 12.6. The van der Waals surface area contributed by atoms with Crippen LogP contribution >= 0.6 is 15.9 Å². The van der Waals surface area contributed by atoms with Crippen LogP contribution in [0.25, 0.3) is 0 Å². The Labute approximate surface area is 86.4 Å². The first-order valence-corrected chi connectivity index (χ1v) is 4.86. The van der Waals surface area contributed by atoms with E-state index in [4.69, 9.17) is 10.5 Å². The van der Waals surface area contributed by atoms with E-state index in [1.54, 1.807) is 13.3 Å². The quantitative estimate of drug-likeness (QED) is 0.882. The Morgan fingerprint density at radius 3 is 2.92 bits per heavy atom. The van der Waals surface area contributed by atoms with Crippen molar-refractivity contribution in [3.63, 3.8) is 0 Å². The molecule has 3 nitrogen and oxygen atoms in total. The number of nitrogens with two attached hydrogens (primary N) is 1. The summed E-state index contributed by atoms with van der Waals surface area (Å²) < 4.78 is 6.09. The van der Waals surface area contributed by atoms with Gasteiger partial charge in [-0.3, -0.25) is 4.98 Å². The maximum Gasteiger partial charge on any atom is 0.141 e. The highest BCUT2D eigenvalue weighted by molar-refractivity contribution is 9.10. The van der Waals surface area contributed by atoms with Crippen molar-refractivity contribution in [1.29, 1.82) is 0 Å². The van der Waals surface area contributed by atoms with E-state index in [1.165, 1.54) is 0 Å². The highest BCUT2D eigenvalue weighted by Crippen LogP contribution is 2.21. The monoisotopic (exact) mass is 244 g/mol. The molecule has 0 aliphatic rings. The van der Waals surface area contributed by atoms with E-state index in [0.29, 0.717) is 0 Å². The van der Waals surface area contributed by atoms with Gasteiger partial charge in [0.2, 0.25) is 0 Å². The van der Waals surface area contributed by atoms with Crippen molar-refractivity contribution in [2.24, 2.45) is 5.73 Å². The molecule has 0 aromatic carbocycles. The van der Waals surface area contributed by atoms with Crippen LogP contribution in [0, 0.1) is 0 Å². The van der Waals surface area contributed by atoms with Crippen LogP contribution in [0.15, 0.2) is 16.7 Å². The minimum absolute atomic E-state index is 0.0996. The molecule has 0 aliphatic carbocycles. The third-order valence-electron chi connectivity index (χ3n) is 1.63. The van der Waals surface area contributed by atoms with Crippen LogP contribution in [0.1, 0.15) is 12.6 Å². The summed E-state index contributed by atoms with van der Waals surface area (Å²) in [5, 5.41) is 0. The molecule has 1 atom stereocenters. The molecule has 1 aromatic heterocycles. The molecule has 0 fully saturated rings. The Balaban J connectivity index is 2.92. The summed E-state index contributed by atoms with van der Waals surface area (Å²) in [6.07, 6.45) is 2.48. The van der Waals surface area contributed by atoms with Crippen molar-refractivity contribution in [1.82, 2.24) is 4.98 Å². The fraction of sp³-hybridized carbons (Fsp3) is 0.444. The summed E-state index contributed by atoms with van der Waals surface area (Å²) in [5.41, 5.74) is 6.58. The van der Waals surface area contributed by atoms with E-state index in [0.717, 1.165) is 22.3 Å². The Morgan fingerprint density at radius 2 is 2.38 bits per heavy atom. The second kappa shape index (κ2) is 4.58. The van der Waals surface area contributed by atoms with Gasteiger partial charge in [0.05, 0.1) is 12.8 Å². The lowest BCUT2D eigenvalue weighted by atomic mass is 10.1. The molecule has 0 saturated carbocycles. The van der Waals surface area contributed by atoms with Crippen LogP contribution < -0.4 is 10.5 Å². The molecule has 0 saturated heterocycles. The van der Waals surface area contributed by atoms with Crippen LogP contribution in [0.4, 0.5) is 0 Å². The minimum atomic E-state index is 0.0996. The van der Waals surface area contributed by atoms with Crippen molar-refractivity contribution in [3.8, 4) is 5.75 Å². The standard InChI is InChI=1S/C9H13BrN2O/c1-6(11)3-8-9(13-2)4-7(10)5-12-8/h4-6H,3,11H2,1-2H3. The Hall–Kier alpha value is -0.610. The van der Waals surface area contributed by atoms with Crippen LogP contribution in [0.3, 0.4) is 0 Å². The summed E-state index contributed by atoms with van der Waals surface area (Å²) >= 11 is 3.33. The van der Waals surface area contributed by atoms with Crippen molar-refractivity contribution in [3.05, 3.63) is 22.4 Å². The molecule has 0 radical (unpaired) electrons. The first-order valence-electron chi connectivity index (χ1n) is 4.07. The molecule has 1 unspecified atom stereocenters. The maximum atomic E-state index is 5.68. The zero-order valence-electron chi connectivity index (χ0n) is 7.75. The second-order valence-corrected chi connectivity index (χ2v) is 3.90. The average molecular weight is 245 g/mol. The molecule has 13 heavy (non-hydrogen) atoms. The fourth-order valence-corrected chi connectivity index (χ4v) is 1.39. The van der Waals surface area contributed by atoms with Crippen molar-refractivity contribution in [2.45, 2.75) is 19.4 Å². The van der Waals surface area contributed by atoms with Gasteiger partial charge < -0.3 is 10.5 Å². The van der Waals surface area contributed by atoms with Crippen LogP contribution in [-0.4, -0.2) is 18.1 Å². The smallest absolute Gasteiger partial charge is 0.141 e. The molecule has 1 heterocycles. The summed E-state index contributed by atoms with van der Waals surface area (Å²) in [6, 6.07) is 1.99. The third-order valence-corrected chi connectivity index (χ3v) is 2.07. The third kappa shape index (κ3) is 2.97. The number of hydrogen-bond acceptors (Lipinski definition) is 3. The van der Waals surface area contributed by atoms with Gasteiger partial charge in [-0.15, -0.1) is 0 Å². The van der Waals surface area contributed by atoms with Crippen molar-refractivity contribution < 1.29 is 4.74 Å². The van der Waals surface area contributed by atoms with Gasteiger partial charge >= 0.3 is 0 Å². The maximum absolute atomic E-state index is 5.68. The summed E-state index contributed by atoms with van der Waals surface area (Å²) in [4.78, 5) is 4.24. The molecule has 4 heteroatoms. The predicted molar refractivity (Wildman–Crippen MR) is 55.8 cm³/mol. The zero-order chi connectivity index (χ0) is 9.84. The summed E-state index contributed by atoms with van der Waals surface area (Å²) in [7, 11) is 1.63. The molecule has 72 valence electrons. The summed E-state index contributed by atoms with van der Waals surface area (Å²) in [6.45, 7) is 1.95. The van der Waals surface area contributed by atoms with Crippen molar-refractivity contribution >= 4 is 15.9 Å². The number of rotatable bonds is 3. The number of methoxy groups -OCH3 is 1. The van der Waals surface area contributed by atoms with E-state index in [-0.39, 0.29) is 6.04 Å². The number of nitrogens with zero attached hydrogens (tertiary/aromatic N) is 1. The number of hydrogen-bond donors (Lipinski definition) is 1. The first-order chi connectivity index (χ1) is 6.13. The highest BCUT2D eigenvalue weighted by atomic mass is 79.9. The molecule has 1 rings (SSSR count). The molecule has 0 aliphatic heterocycles. The van der Waals surface area contributed by atoms with E-state index < -0.39 is 0 Å². The highest BCUT2D eigenvalue weighted by Gasteiger charge is 2.07. The molecule has 2 N–H and O–H groups in total. The topological polar surface area (TPSA) is 48.1 Å². The predicted octanol–water partition coefficient (Wildman–Crippen LogP) is 1.74. The van der Waals surface area contributed by atoms with Crippen molar-refractivity contribution in [2.75, 3.05) is 7.11 Å². The molecule has 0 spiro atoms. The van der Waals surface area contributed by atoms with E-state index >= 15 is 0 Å². The van der Waals surface area contributed by atoms with Crippen LogP contribution in [-0.2, 0) is 6.42 Å². The Bertz CT molecular complexity index is 289. The van der Waals surface area contributed by atoms with Gasteiger partial charge in [-0.05, 0) is 28.9 Å². The minimum Gasteiger partial charge on any atom is -0.495 e. The second-order valence-electron chi connectivity index (χ2n) is 2.98. The fourth-order valence-electron chi connectivity index (χ4n) is 1.08. The number of aromatic nitrogens is 1. The molecule has 0 amide bonds. The lowest BCUT2D eigenvalue weighted by molar-refractivity contribution is 0.405. The lowest BCUT2D eigenvalue weighted by Gasteiger charge is -2.09.